The smallest absolute Gasteiger partial charge is 0.436 e. The second-order valence-electron chi connectivity index (χ2n) is 7.14. The summed E-state index contributed by atoms with van der Waals surface area (Å²) in [5.74, 6) is 0. The predicted octanol–water partition coefficient (Wildman–Crippen LogP) is 4.84. The molecule has 0 saturated heterocycles. The van der Waals surface area contributed by atoms with Crippen molar-refractivity contribution >= 4 is 29.1 Å². The van der Waals surface area contributed by atoms with Crippen molar-refractivity contribution in [1.29, 1.82) is 0 Å². The summed E-state index contributed by atoms with van der Waals surface area (Å²) >= 11 is 1.19. The first-order valence-corrected chi connectivity index (χ1v) is 9.09. The summed E-state index contributed by atoms with van der Waals surface area (Å²) in [5, 5.41) is 0.252. The number of carbonyl (C=O) groups excluding carboxylic acids is 2. The van der Waals surface area contributed by atoms with Crippen LogP contribution in [0.4, 0.5) is 9.59 Å². The van der Waals surface area contributed by atoms with Gasteiger partial charge in [-0.25, -0.2) is 9.59 Å². The summed E-state index contributed by atoms with van der Waals surface area (Å²) in [6, 6.07) is 0. The zero-order valence-corrected chi connectivity index (χ0v) is 16.7. The Kier molecular flexibility index (Phi) is 9.11. The Morgan fingerprint density at radius 2 is 1.67 bits per heavy atom. The molecule has 0 radical (unpaired) electrons. The minimum absolute atomic E-state index is 0.252. The lowest BCUT2D eigenvalue weighted by molar-refractivity contribution is 0.0372. The lowest BCUT2D eigenvalue weighted by atomic mass is 10.2. The first-order valence-electron chi connectivity index (χ1n) is 7.86. The van der Waals surface area contributed by atoms with Crippen LogP contribution in [-0.2, 0) is 9.47 Å². The van der Waals surface area contributed by atoms with Gasteiger partial charge in [-0.1, -0.05) is 17.8 Å². The van der Waals surface area contributed by atoms with Crippen LogP contribution in [0.3, 0.4) is 0 Å². The van der Waals surface area contributed by atoms with Gasteiger partial charge in [0.05, 0.1) is 0 Å². The van der Waals surface area contributed by atoms with Crippen molar-refractivity contribution in [1.82, 2.24) is 4.90 Å². The Morgan fingerprint density at radius 1 is 1.12 bits per heavy atom. The summed E-state index contributed by atoms with van der Waals surface area (Å²) in [5.41, 5.74) is -1.28. The van der Waals surface area contributed by atoms with Crippen molar-refractivity contribution in [3.63, 3.8) is 0 Å². The van der Waals surface area contributed by atoms with Gasteiger partial charge in [-0.15, -0.1) is 6.58 Å². The van der Waals surface area contributed by atoms with E-state index in [-0.39, 0.29) is 5.17 Å². The van der Waals surface area contributed by atoms with Crippen LogP contribution in [0.1, 0.15) is 54.4 Å². The lowest BCUT2D eigenvalue weighted by Crippen LogP contribution is -2.40. The third kappa shape index (κ3) is 10.3. The van der Waals surface area contributed by atoms with Gasteiger partial charge in [0.15, 0.2) is 5.17 Å². The number of nitrogens with zero attached hydrogens (tertiary/aromatic N) is 2. The molecule has 0 fully saturated rings. The molecule has 0 spiro atoms. The quantitative estimate of drug-likeness (QED) is 0.311. The average Bonchev–Trinajstić information content (AvgIpc) is 2.37. The first kappa shape index (κ1) is 22.5. The molecule has 0 heterocycles. The molecule has 0 aliphatic carbocycles. The summed E-state index contributed by atoms with van der Waals surface area (Å²) in [4.78, 5) is 29.7. The molecule has 2 amide bonds. The minimum atomic E-state index is -0.732. The van der Waals surface area contributed by atoms with E-state index in [1.807, 2.05) is 0 Å². The third-order valence-corrected chi connectivity index (χ3v) is 3.07. The van der Waals surface area contributed by atoms with Crippen LogP contribution in [0.5, 0.6) is 0 Å². The molecule has 0 N–H and O–H groups in total. The fourth-order valence-electron chi connectivity index (χ4n) is 1.55. The van der Waals surface area contributed by atoms with Gasteiger partial charge in [-0.2, -0.15) is 4.99 Å². The molecule has 7 heteroatoms. The molecule has 0 aromatic carbocycles. The summed E-state index contributed by atoms with van der Waals surface area (Å²) in [7, 11) is 0. The third-order valence-electron chi connectivity index (χ3n) is 2.40. The van der Waals surface area contributed by atoms with Gasteiger partial charge < -0.3 is 9.47 Å². The fraction of sp³-hybridized carbons (Fsp3) is 0.706. The van der Waals surface area contributed by atoms with E-state index in [9.17, 15) is 9.59 Å². The predicted molar refractivity (Wildman–Crippen MR) is 99.6 cm³/mol. The van der Waals surface area contributed by atoms with Crippen LogP contribution in [0.15, 0.2) is 17.6 Å². The van der Waals surface area contributed by atoms with E-state index < -0.39 is 23.4 Å². The van der Waals surface area contributed by atoms with Crippen LogP contribution in [0, 0.1) is 0 Å². The first-order chi connectivity index (χ1) is 10.9. The molecule has 138 valence electrons. The Balaban J connectivity index is 5.34. The number of amides is 2. The summed E-state index contributed by atoms with van der Waals surface area (Å²) < 4.78 is 10.6. The van der Waals surface area contributed by atoms with Crippen molar-refractivity contribution in [2.45, 2.75) is 65.6 Å². The summed E-state index contributed by atoms with van der Waals surface area (Å²) in [6.45, 7) is 14.7. The van der Waals surface area contributed by atoms with Crippen molar-refractivity contribution in [2.75, 3.05) is 12.8 Å². The van der Waals surface area contributed by atoms with E-state index in [2.05, 4.69) is 11.6 Å². The van der Waals surface area contributed by atoms with Crippen molar-refractivity contribution in [2.24, 2.45) is 4.99 Å². The Labute approximate surface area is 149 Å². The second kappa shape index (κ2) is 9.71. The Hall–Kier alpha value is -1.50. The number of carbonyl (C=O) groups is 2. The van der Waals surface area contributed by atoms with E-state index in [1.165, 1.54) is 16.7 Å². The van der Waals surface area contributed by atoms with Gasteiger partial charge in [0.25, 0.3) is 0 Å². The molecular weight excluding hydrogens is 328 g/mol. The maximum atomic E-state index is 12.5. The number of thioether (sulfide) groups is 1. The number of hydrogen-bond acceptors (Lipinski definition) is 5. The molecule has 0 saturated carbocycles. The van der Waals surface area contributed by atoms with Gasteiger partial charge in [-0.3, -0.25) is 4.90 Å². The average molecular weight is 359 g/mol. The zero-order valence-electron chi connectivity index (χ0n) is 15.8. The highest BCUT2D eigenvalue weighted by Crippen LogP contribution is 2.16. The number of amidine groups is 1. The molecule has 0 bridgehead atoms. The topological polar surface area (TPSA) is 68.2 Å². The van der Waals surface area contributed by atoms with Crippen LogP contribution >= 0.6 is 11.8 Å². The van der Waals surface area contributed by atoms with Gasteiger partial charge in [0, 0.05) is 6.54 Å². The minimum Gasteiger partial charge on any atom is -0.443 e. The van der Waals surface area contributed by atoms with E-state index in [1.54, 1.807) is 53.9 Å². The molecule has 6 nitrogen and oxygen atoms in total. The summed E-state index contributed by atoms with van der Waals surface area (Å²) in [6.07, 6.45) is 3.68. The Bertz CT molecular complexity index is 476. The highest BCUT2D eigenvalue weighted by Gasteiger charge is 2.26. The van der Waals surface area contributed by atoms with Crippen LogP contribution in [0.25, 0.3) is 0 Å². The van der Waals surface area contributed by atoms with E-state index in [0.29, 0.717) is 13.0 Å². The molecular formula is C17H30N2O4S. The highest BCUT2D eigenvalue weighted by molar-refractivity contribution is 8.13. The number of ether oxygens (including phenoxy) is 2. The zero-order chi connectivity index (χ0) is 19.0. The Morgan fingerprint density at radius 3 is 2.08 bits per heavy atom. The number of aliphatic imine (C=N–C) groups is 1. The largest absolute Gasteiger partial charge is 0.443 e. The molecule has 0 aromatic heterocycles. The maximum Gasteiger partial charge on any atom is 0.436 e. The van der Waals surface area contributed by atoms with Gasteiger partial charge in [0.2, 0.25) is 0 Å². The van der Waals surface area contributed by atoms with Gasteiger partial charge in [-0.05, 0) is 60.6 Å². The van der Waals surface area contributed by atoms with Crippen LogP contribution in [0.2, 0.25) is 0 Å². The fourth-order valence-corrected chi connectivity index (χ4v) is 2.11. The van der Waals surface area contributed by atoms with Gasteiger partial charge in [0.1, 0.15) is 11.2 Å². The standard InChI is InChI=1S/C17H30N2O4S/c1-9-10-11-12-19(15(21)23-17(5,6)7)13(24-8)18-14(20)22-16(2,3)4/h9H,1,10-12H2,2-8H3/b18-13+. The normalized spacial score (nSPS) is 12.5. The van der Waals surface area contributed by atoms with E-state index in [4.69, 9.17) is 9.47 Å². The van der Waals surface area contributed by atoms with Crippen LogP contribution in [-0.4, -0.2) is 46.3 Å². The molecule has 0 atom stereocenters. The highest BCUT2D eigenvalue weighted by atomic mass is 32.2. The van der Waals surface area contributed by atoms with E-state index in [0.717, 1.165) is 6.42 Å². The molecule has 24 heavy (non-hydrogen) atoms. The lowest BCUT2D eigenvalue weighted by Gasteiger charge is -2.27. The van der Waals surface area contributed by atoms with Gasteiger partial charge >= 0.3 is 12.2 Å². The monoisotopic (exact) mass is 358 g/mol. The molecule has 0 rings (SSSR count). The maximum absolute atomic E-state index is 12.5. The van der Waals surface area contributed by atoms with Crippen molar-refractivity contribution < 1.29 is 19.1 Å². The number of hydrogen-bond donors (Lipinski definition) is 0. The molecule has 0 aromatic rings. The molecule has 0 aliphatic rings. The molecule has 0 aliphatic heterocycles. The number of unbranched alkanes of at least 4 members (excludes halogenated alkanes) is 1. The van der Waals surface area contributed by atoms with E-state index >= 15 is 0 Å². The molecule has 0 unspecified atom stereocenters. The van der Waals surface area contributed by atoms with Crippen molar-refractivity contribution in [3.05, 3.63) is 12.7 Å². The second-order valence-corrected chi connectivity index (χ2v) is 7.92. The SMILES string of the molecule is C=CCCCN(C(=O)OC(C)(C)C)/C(=N\C(=O)OC(C)(C)C)SC. The number of rotatable bonds is 4. The van der Waals surface area contributed by atoms with Crippen LogP contribution < -0.4 is 0 Å². The number of allylic oxidation sites excluding steroid dienone is 1. The van der Waals surface area contributed by atoms with Crippen molar-refractivity contribution in [3.8, 4) is 0 Å².